The molecule has 1 aromatic heterocycles. The lowest BCUT2D eigenvalue weighted by atomic mass is 9.99. The molecule has 1 aliphatic heterocycles. The second kappa shape index (κ2) is 8.18. The number of aryl methyl sites for hydroxylation is 2. The van der Waals surface area contributed by atoms with Gasteiger partial charge in [-0.1, -0.05) is 12.1 Å². The first-order valence-corrected chi connectivity index (χ1v) is 9.83. The van der Waals surface area contributed by atoms with E-state index >= 15 is 0 Å². The fourth-order valence-electron chi connectivity index (χ4n) is 3.65. The number of halogens is 1. The van der Waals surface area contributed by atoms with E-state index in [1.54, 1.807) is 24.3 Å². The largest absolute Gasteiger partial charge is 0.492 e. The number of hydrogen-bond donors (Lipinski definition) is 1. The summed E-state index contributed by atoms with van der Waals surface area (Å²) in [5, 5.41) is 0. The number of aromatic nitrogens is 1. The number of carbonyl (C=O) groups is 2. The number of fused-ring (bicyclic) bond motifs is 1. The number of amides is 1. The lowest BCUT2D eigenvalue weighted by molar-refractivity contribution is 0.0931. The highest BCUT2D eigenvalue weighted by Gasteiger charge is 2.25. The molecule has 0 radical (unpaired) electrons. The number of benzene rings is 2. The summed E-state index contributed by atoms with van der Waals surface area (Å²) in [4.78, 5) is 27.9. The van der Waals surface area contributed by atoms with Crippen LogP contribution in [0.3, 0.4) is 0 Å². The Labute approximate surface area is 178 Å². The summed E-state index contributed by atoms with van der Waals surface area (Å²) in [6.07, 6.45) is -0.467. The van der Waals surface area contributed by atoms with Gasteiger partial charge in [0.2, 0.25) is 5.91 Å². The molecule has 1 atom stereocenters. The van der Waals surface area contributed by atoms with E-state index in [4.69, 9.17) is 15.2 Å². The van der Waals surface area contributed by atoms with E-state index in [0.29, 0.717) is 16.9 Å². The van der Waals surface area contributed by atoms with Gasteiger partial charge >= 0.3 is 0 Å². The van der Waals surface area contributed by atoms with Gasteiger partial charge in [0.25, 0.3) is 0 Å². The quantitative estimate of drug-likeness (QED) is 0.672. The number of nitrogens with two attached hydrogens (primary N) is 1. The minimum absolute atomic E-state index is 0.0375. The Morgan fingerprint density at radius 3 is 2.42 bits per heavy atom. The summed E-state index contributed by atoms with van der Waals surface area (Å²) in [6.45, 7) is 3.98. The molecule has 0 spiro atoms. The van der Waals surface area contributed by atoms with E-state index in [1.807, 2.05) is 26.0 Å². The van der Waals surface area contributed by atoms with E-state index in [9.17, 15) is 14.0 Å². The zero-order chi connectivity index (χ0) is 22.1. The topological polar surface area (TPSA) is 91.5 Å². The fraction of sp³-hybridized carbons (Fsp3) is 0.208. The monoisotopic (exact) mass is 420 g/mol. The van der Waals surface area contributed by atoms with E-state index in [2.05, 4.69) is 4.98 Å². The summed E-state index contributed by atoms with van der Waals surface area (Å²) >= 11 is 0. The molecule has 7 heteroatoms. The Bertz CT molecular complexity index is 1150. The van der Waals surface area contributed by atoms with Crippen molar-refractivity contribution in [3.05, 3.63) is 88.0 Å². The van der Waals surface area contributed by atoms with Crippen LogP contribution >= 0.6 is 0 Å². The van der Waals surface area contributed by atoms with Crippen molar-refractivity contribution >= 4 is 11.7 Å². The number of ether oxygens (including phenoxy) is 2. The van der Waals surface area contributed by atoms with Crippen molar-refractivity contribution in [1.29, 1.82) is 0 Å². The molecule has 0 fully saturated rings. The third-order valence-electron chi connectivity index (χ3n) is 5.07. The molecule has 6 nitrogen and oxygen atoms in total. The lowest BCUT2D eigenvalue weighted by Crippen LogP contribution is -2.17. The first-order chi connectivity index (χ1) is 14.8. The van der Waals surface area contributed by atoms with Gasteiger partial charge in [-0.15, -0.1) is 0 Å². The molecular formula is C24H21FN2O4. The molecule has 0 saturated heterocycles. The third-order valence-corrected chi connectivity index (χ3v) is 5.07. The van der Waals surface area contributed by atoms with Gasteiger partial charge in [-0.3, -0.25) is 14.6 Å². The molecule has 0 bridgehead atoms. The highest BCUT2D eigenvalue weighted by atomic mass is 19.1. The number of carbonyl (C=O) groups excluding carboxylic acids is 2. The SMILES string of the molecule is Cc1cc([C@H](Oc2cc3c(cc2F)C(=O)CCO3)c2ccc(C(N)=O)cc2)cc(C)n1. The van der Waals surface area contributed by atoms with Crippen molar-refractivity contribution in [3.8, 4) is 11.5 Å². The Hall–Kier alpha value is -3.74. The second-order valence-electron chi connectivity index (χ2n) is 7.47. The molecule has 1 aliphatic rings. The zero-order valence-electron chi connectivity index (χ0n) is 17.1. The number of nitrogens with zero attached hydrogens (tertiary/aromatic N) is 1. The van der Waals surface area contributed by atoms with Crippen LogP contribution in [0.2, 0.25) is 0 Å². The van der Waals surface area contributed by atoms with E-state index < -0.39 is 17.8 Å². The van der Waals surface area contributed by atoms with Crippen LogP contribution in [-0.2, 0) is 0 Å². The molecule has 3 aromatic rings. The van der Waals surface area contributed by atoms with Crippen molar-refractivity contribution in [2.24, 2.45) is 5.73 Å². The Morgan fingerprint density at radius 2 is 1.77 bits per heavy atom. The van der Waals surface area contributed by atoms with E-state index in [-0.39, 0.29) is 30.1 Å². The summed E-state index contributed by atoms with van der Waals surface area (Å²) in [6, 6.07) is 12.9. The molecule has 4 rings (SSSR count). The van der Waals surface area contributed by atoms with Gasteiger partial charge in [0.1, 0.15) is 11.9 Å². The zero-order valence-corrected chi connectivity index (χ0v) is 17.1. The molecule has 158 valence electrons. The number of primary amides is 1. The van der Waals surface area contributed by atoms with E-state index in [0.717, 1.165) is 23.0 Å². The molecule has 0 unspecified atom stereocenters. The van der Waals surface area contributed by atoms with Gasteiger partial charge in [-0.05, 0) is 49.7 Å². The summed E-state index contributed by atoms with van der Waals surface area (Å²) < 4.78 is 26.5. The maximum Gasteiger partial charge on any atom is 0.248 e. The van der Waals surface area contributed by atoms with E-state index in [1.165, 1.54) is 6.07 Å². The van der Waals surface area contributed by atoms with Gasteiger partial charge in [0, 0.05) is 35.0 Å². The molecule has 31 heavy (non-hydrogen) atoms. The number of Topliss-reactive ketones (excluding diaryl/α,β-unsaturated/α-hetero) is 1. The van der Waals surface area contributed by atoms with Crippen molar-refractivity contribution in [2.75, 3.05) is 6.61 Å². The molecule has 1 amide bonds. The number of rotatable bonds is 5. The van der Waals surface area contributed by atoms with Crippen LogP contribution in [0.4, 0.5) is 4.39 Å². The molecule has 0 saturated carbocycles. The molecule has 2 heterocycles. The number of ketones is 1. The van der Waals surface area contributed by atoms with Crippen LogP contribution < -0.4 is 15.2 Å². The standard InChI is InChI=1S/C24H21FN2O4/c1-13-9-17(10-14(2)27-13)23(15-3-5-16(6-4-15)24(26)29)31-22-12-21-18(11-19(22)25)20(28)7-8-30-21/h3-6,9-12,23H,7-8H2,1-2H3,(H2,26,29)/t23-/m1/s1. The van der Waals surface area contributed by atoms with Gasteiger partial charge in [0.05, 0.1) is 12.2 Å². The molecular weight excluding hydrogens is 399 g/mol. The van der Waals surface area contributed by atoms with Crippen LogP contribution in [0.25, 0.3) is 0 Å². The van der Waals surface area contributed by atoms with Crippen molar-refractivity contribution in [1.82, 2.24) is 4.98 Å². The van der Waals surface area contributed by atoms with Crippen molar-refractivity contribution in [2.45, 2.75) is 26.4 Å². The maximum absolute atomic E-state index is 14.9. The highest BCUT2D eigenvalue weighted by Crippen LogP contribution is 2.36. The fourth-order valence-corrected chi connectivity index (χ4v) is 3.65. The average Bonchev–Trinajstić information content (AvgIpc) is 2.72. The molecule has 2 aromatic carbocycles. The second-order valence-corrected chi connectivity index (χ2v) is 7.47. The Balaban J connectivity index is 1.78. The normalized spacial score (nSPS) is 13.8. The predicted octanol–water partition coefficient (Wildman–Crippen LogP) is 4.07. The number of pyridine rings is 1. The average molecular weight is 420 g/mol. The minimum atomic E-state index is -0.686. The van der Waals surface area contributed by atoms with Crippen molar-refractivity contribution < 1.29 is 23.5 Å². The van der Waals surface area contributed by atoms with Crippen LogP contribution in [0, 0.1) is 19.7 Å². The van der Waals surface area contributed by atoms with Crippen LogP contribution in [-0.4, -0.2) is 23.3 Å². The van der Waals surface area contributed by atoms with Crippen LogP contribution in [0.1, 0.15) is 55.8 Å². The smallest absolute Gasteiger partial charge is 0.248 e. The summed E-state index contributed by atoms with van der Waals surface area (Å²) in [7, 11) is 0. The highest BCUT2D eigenvalue weighted by molar-refractivity contribution is 5.99. The van der Waals surface area contributed by atoms with Crippen LogP contribution in [0.15, 0.2) is 48.5 Å². The minimum Gasteiger partial charge on any atom is -0.492 e. The van der Waals surface area contributed by atoms with Gasteiger partial charge in [-0.25, -0.2) is 4.39 Å². The maximum atomic E-state index is 14.9. The van der Waals surface area contributed by atoms with Gasteiger partial charge < -0.3 is 15.2 Å². The summed E-state index contributed by atoms with van der Waals surface area (Å²) in [5.41, 5.74) is 8.96. The first-order valence-electron chi connectivity index (χ1n) is 9.83. The molecule has 2 N–H and O–H groups in total. The molecule has 0 aliphatic carbocycles. The Morgan fingerprint density at radius 1 is 1.10 bits per heavy atom. The third kappa shape index (κ3) is 4.26. The number of hydrogen-bond acceptors (Lipinski definition) is 5. The first kappa shape index (κ1) is 20.5. The predicted molar refractivity (Wildman–Crippen MR) is 112 cm³/mol. The van der Waals surface area contributed by atoms with Crippen LogP contribution in [0.5, 0.6) is 11.5 Å². The lowest BCUT2D eigenvalue weighted by Gasteiger charge is -2.23. The summed E-state index contributed by atoms with van der Waals surface area (Å²) in [5.74, 6) is -1.09. The van der Waals surface area contributed by atoms with Gasteiger partial charge in [-0.2, -0.15) is 0 Å². The van der Waals surface area contributed by atoms with Gasteiger partial charge in [0.15, 0.2) is 17.3 Å². The Kier molecular flexibility index (Phi) is 5.42. The van der Waals surface area contributed by atoms with Crippen molar-refractivity contribution in [3.63, 3.8) is 0 Å².